The van der Waals surface area contributed by atoms with Gasteiger partial charge in [-0.3, -0.25) is 0 Å². The molecule has 0 spiro atoms. The number of hydrogen-bond donors (Lipinski definition) is 0. The van der Waals surface area contributed by atoms with Crippen LogP contribution in [0.4, 0.5) is 0 Å². The Hall–Kier alpha value is -0.420. The van der Waals surface area contributed by atoms with Crippen LogP contribution in [0, 0.1) is 11.8 Å². The molecule has 6 atom stereocenters. The van der Waals surface area contributed by atoms with Gasteiger partial charge in [0, 0.05) is 22.6 Å². The highest BCUT2D eigenvalue weighted by molar-refractivity contribution is 9.10. The zero-order valence-corrected chi connectivity index (χ0v) is 15.1. The van der Waals surface area contributed by atoms with Gasteiger partial charge in [-0.25, -0.2) is 0 Å². The van der Waals surface area contributed by atoms with Gasteiger partial charge in [0.2, 0.25) is 0 Å². The molecule has 2 saturated heterocycles. The highest BCUT2D eigenvalue weighted by Crippen LogP contribution is 2.39. The Bertz CT molecular complexity index is 488. The van der Waals surface area contributed by atoms with Gasteiger partial charge in [-0.1, -0.05) is 48.8 Å². The van der Waals surface area contributed by atoms with E-state index in [4.69, 9.17) is 14.2 Å². The van der Waals surface area contributed by atoms with Crippen molar-refractivity contribution in [2.45, 2.75) is 58.2 Å². The predicted octanol–water partition coefficient (Wildman–Crippen LogP) is 4.70. The molecule has 2 aliphatic heterocycles. The van der Waals surface area contributed by atoms with Crippen LogP contribution in [0.25, 0.3) is 0 Å². The molecule has 4 heteroatoms. The first-order chi connectivity index (χ1) is 10.6. The molecule has 22 heavy (non-hydrogen) atoms. The monoisotopic (exact) mass is 368 g/mol. The van der Waals surface area contributed by atoms with Crippen LogP contribution in [0.15, 0.2) is 28.7 Å². The third-order valence-electron chi connectivity index (χ3n) is 4.82. The average molecular weight is 369 g/mol. The van der Waals surface area contributed by atoms with Gasteiger partial charge in [0.05, 0.1) is 18.3 Å². The third kappa shape index (κ3) is 3.40. The summed E-state index contributed by atoms with van der Waals surface area (Å²) in [5, 5.41) is 0. The van der Waals surface area contributed by atoms with Gasteiger partial charge < -0.3 is 14.2 Å². The first kappa shape index (κ1) is 16.4. The zero-order chi connectivity index (χ0) is 15.7. The quantitative estimate of drug-likeness (QED) is 0.773. The summed E-state index contributed by atoms with van der Waals surface area (Å²) < 4.78 is 19.6. The number of hydrogen-bond acceptors (Lipinski definition) is 3. The first-order valence-corrected chi connectivity index (χ1v) is 9.05. The van der Waals surface area contributed by atoms with Crippen LogP contribution in [0.1, 0.15) is 45.5 Å². The van der Waals surface area contributed by atoms with Crippen molar-refractivity contribution in [3.63, 3.8) is 0 Å². The van der Waals surface area contributed by atoms with E-state index in [-0.39, 0.29) is 24.6 Å². The lowest BCUT2D eigenvalue weighted by Crippen LogP contribution is -2.47. The second-order valence-electron chi connectivity index (χ2n) is 6.64. The Morgan fingerprint density at radius 2 is 1.86 bits per heavy atom. The molecule has 122 valence electrons. The fraction of sp³-hybridized carbons (Fsp3) is 0.667. The van der Waals surface area contributed by atoms with E-state index in [1.165, 1.54) is 0 Å². The lowest BCUT2D eigenvalue weighted by molar-refractivity contribution is -0.288. The molecule has 0 bridgehead atoms. The van der Waals surface area contributed by atoms with Gasteiger partial charge in [0.1, 0.15) is 0 Å². The number of benzene rings is 1. The molecule has 0 saturated carbocycles. The molecule has 3 rings (SSSR count). The molecule has 2 aliphatic rings. The summed E-state index contributed by atoms with van der Waals surface area (Å²) in [4.78, 5) is 0. The van der Waals surface area contributed by atoms with Crippen molar-refractivity contribution in [2.75, 3.05) is 6.61 Å². The SMILES string of the molecule is CC[C@@H]1O[C@@H](c2ccc(Br)cc2)O[C@@H]([C@@H]2C[C@H](C)CO2)[C@@H]1C. The highest BCUT2D eigenvalue weighted by atomic mass is 79.9. The molecule has 1 aromatic rings. The van der Waals surface area contributed by atoms with E-state index in [0.29, 0.717) is 11.8 Å². The molecule has 0 amide bonds. The highest BCUT2D eigenvalue weighted by Gasteiger charge is 2.43. The minimum Gasteiger partial charge on any atom is -0.375 e. The van der Waals surface area contributed by atoms with Gasteiger partial charge in [0.25, 0.3) is 0 Å². The molecular weight excluding hydrogens is 344 g/mol. The van der Waals surface area contributed by atoms with Crippen LogP contribution in [-0.2, 0) is 14.2 Å². The molecule has 0 unspecified atom stereocenters. The lowest BCUT2D eigenvalue weighted by atomic mass is 9.89. The van der Waals surface area contributed by atoms with Gasteiger partial charge in [-0.2, -0.15) is 0 Å². The van der Waals surface area contributed by atoms with Crippen LogP contribution >= 0.6 is 15.9 Å². The van der Waals surface area contributed by atoms with E-state index < -0.39 is 0 Å². The van der Waals surface area contributed by atoms with Crippen molar-refractivity contribution in [1.29, 1.82) is 0 Å². The van der Waals surface area contributed by atoms with Crippen molar-refractivity contribution >= 4 is 15.9 Å². The zero-order valence-electron chi connectivity index (χ0n) is 13.5. The Kier molecular flexibility index (Phi) is 5.23. The second-order valence-corrected chi connectivity index (χ2v) is 7.55. The molecule has 0 radical (unpaired) electrons. The van der Waals surface area contributed by atoms with E-state index in [9.17, 15) is 0 Å². The van der Waals surface area contributed by atoms with Crippen LogP contribution in [0.2, 0.25) is 0 Å². The van der Waals surface area contributed by atoms with Crippen LogP contribution in [0.3, 0.4) is 0 Å². The van der Waals surface area contributed by atoms with Gasteiger partial charge >= 0.3 is 0 Å². The van der Waals surface area contributed by atoms with Crippen molar-refractivity contribution in [3.05, 3.63) is 34.3 Å². The van der Waals surface area contributed by atoms with E-state index in [1.807, 2.05) is 12.1 Å². The molecule has 0 aliphatic carbocycles. The largest absolute Gasteiger partial charge is 0.375 e. The predicted molar refractivity (Wildman–Crippen MR) is 89.6 cm³/mol. The number of rotatable bonds is 3. The normalized spacial score (nSPS) is 39.1. The Morgan fingerprint density at radius 3 is 2.45 bits per heavy atom. The second kappa shape index (κ2) is 7.00. The van der Waals surface area contributed by atoms with Crippen LogP contribution in [-0.4, -0.2) is 24.9 Å². The molecule has 0 aromatic heterocycles. The van der Waals surface area contributed by atoms with Gasteiger partial charge in [0.15, 0.2) is 6.29 Å². The van der Waals surface area contributed by atoms with Crippen LogP contribution < -0.4 is 0 Å². The van der Waals surface area contributed by atoms with Gasteiger partial charge in [-0.05, 0) is 30.9 Å². The molecule has 2 fully saturated rings. The summed E-state index contributed by atoms with van der Waals surface area (Å²) >= 11 is 3.48. The average Bonchev–Trinajstić information content (AvgIpc) is 2.95. The molecule has 2 heterocycles. The lowest BCUT2D eigenvalue weighted by Gasteiger charge is -2.42. The fourth-order valence-corrected chi connectivity index (χ4v) is 3.78. The third-order valence-corrected chi connectivity index (χ3v) is 5.35. The molecular formula is C18H25BrO3. The van der Waals surface area contributed by atoms with E-state index in [2.05, 4.69) is 48.8 Å². The summed E-state index contributed by atoms with van der Waals surface area (Å²) in [5.41, 5.74) is 1.07. The summed E-state index contributed by atoms with van der Waals surface area (Å²) in [6, 6.07) is 8.19. The van der Waals surface area contributed by atoms with Crippen molar-refractivity contribution in [1.82, 2.24) is 0 Å². The summed E-state index contributed by atoms with van der Waals surface area (Å²) in [6.45, 7) is 7.49. The fourth-order valence-electron chi connectivity index (χ4n) is 3.51. The Morgan fingerprint density at radius 1 is 1.14 bits per heavy atom. The van der Waals surface area contributed by atoms with E-state index >= 15 is 0 Å². The topological polar surface area (TPSA) is 27.7 Å². The first-order valence-electron chi connectivity index (χ1n) is 8.26. The van der Waals surface area contributed by atoms with E-state index in [0.717, 1.165) is 29.5 Å². The Balaban J connectivity index is 1.79. The maximum Gasteiger partial charge on any atom is 0.184 e. The van der Waals surface area contributed by atoms with Gasteiger partial charge in [-0.15, -0.1) is 0 Å². The van der Waals surface area contributed by atoms with Crippen molar-refractivity contribution in [3.8, 4) is 0 Å². The summed E-state index contributed by atoms with van der Waals surface area (Å²) in [6.07, 6.45) is 2.30. The van der Waals surface area contributed by atoms with Crippen molar-refractivity contribution < 1.29 is 14.2 Å². The number of ether oxygens (including phenoxy) is 3. The summed E-state index contributed by atoms with van der Waals surface area (Å²) in [7, 11) is 0. The van der Waals surface area contributed by atoms with Crippen LogP contribution in [0.5, 0.6) is 0 Å². The molecule has 1 aromatic carbocycles. The van der Waals surface area contributed by atoms with Crippen molar-refractivity contribution in [2.24, 2.45) is 11.8 Å². The minimum absolute atomic E-state index is 0.109. The smallest absolute Gasteiger partial charge is 0.184 e. The molecule has 3 nitrogen and oxygen atoms in total. The minimum atomic E-state index is -0.293. The number of halogens is 1. The standard InChI is InChI=1S/C18H25BrO3/c1-4-15-12(3)17(16-9-11(2)10-20-16)22-18(21-15)13-5-7-14(19)8-6-13/h5-8,11-12,15-18H,4,9-10H2,1-3H3/t11-,12+,15-,16-,17+,18+/m0/s1. The maximum absolute atomic E-state index is 6.33. The maximum atomic E-state index is 6.33. The Labute approximate surface area is 141 Å². The summed E-state index contributed by atoms with van der Waals surface area (Å²) in [5.74, 6) is 0.974. The molecule has 0 N–H and O–H groups in total. The van der Waals surface area contributed by atoms with E-state index in [1.54, 1.807) is 0 Å².